The summed E-state index contributed by atoms with van der Waals surface area (Å²) in [6, 6.07) is 0. The van der Waals surface area contributed by atoms with Crippen molar-refractivity contribution >= 4 is 0 Å². The van der Waals surface area contributed by atoms with Gasteiger partial charge in [-0.05, 0) is 26.3 Å². The topological polar surface area (TPSA) is 4.93 Å². The van der Waals surface area contributed by atoms with Crippen LogP contribution in [0.4, 0.5) is 13.2 Å². The first-order chi connectivity index (χ1) is 5.76. The standard InChI is InChI=1S/C9H12F3N/c1-5-6(2)13(4)7(3)8(5)9(10,11)12/h1-4H3. The zero-order chi connectivity index (χ0) is 10.4. The van der Waals surface area contributed by atoms with Crippen LogP contribution in [0, 0.1) is 20.8 Å². The Bertz CT molecular complexity index is 308. The lowest BCUT2D eigenvalue weighted by molar-refractivity contribution is -0.138. The smallest absolute Gasteiger partial charge is 0.351 e. The Balaban J connectivity index is 3.47. The minimum absolute atomic E-state index is 0.280. The van der Waals surface area contributed by atoms with Gasteiger partial charge in [0.25, 0.3) is 0 Å². The fourth-order valence-electron chi connectivity index (χ4n) is 1.54. The lowest BCUT2D eigenvalue weighted by Gasteiger charge is -2.07. The summed E-state index contributed by atoms with van der Waals surface area (Å²) in [5, 5.41) is 0. The Hall–Kier alpha value is -0.930. The molecular formula is C9H12F3N. The highest BCUT2D eigenvalue weighted by atomic mass is 19.4. The molecular weight excluding hydrogens is 179 g/mol. The first kappa shape index (κ1) is 10.2. The van der Waals surface area contributed by atoms with Crippen molar-refractivity contribution in [2.75, 3.05) is 0 Å². The lowest BCUT2D eigenvalue weighted by atomic mass is 10.1. The second-order valence-corrected chi connectivity index (χ2v) is 3.23. The van der Waals surface area contributed by atoms with Crippen LogP contribution in [0.2, 0.25) is 0 Å². The maximum absolute atomic E-state index is 12.5. The van der Waals surface area contributed by atoms with Crippen LogP contribution in [0.3, 0.4) is 0 Å². The molecule has 0 aromatic carbocycles. The molecule has 0 unspecified atom stereocenters. The predicted molar refractivity (Wildman–Crippen MR) is 44.6 cm³/mol. The number of alkyl halides is 3. The highest BCUT2D eigenvalue weighted by molar-refractivity contribution is 5.38. The molecule has 1 heterocycles. The van der Waals surface area contributed by atoms with Gasteiger partial charge in [-0.2, -0.15) is 13.2 Å². The average Bonchev–Trinajstić information content (AvgIpc) is 2.14. The third kappa shape index (κ3) is 1.45. The first-order valence-corrected chi connectivity index (χ1v) is 3.96. The van der Waals surface area contributed by atoms with Gasteiger partial charge in [0.05, 0.1) is 5.56 Å². The van der Waals surface area contributed by atoms with E-state index in [1.807, 2.05) is 0 Å². The summed E-state index contributed by atoms with van der Waals surface area (Å²) in [4.78, 5) is 0. The van der Waals surface area contributed by atoms with Crippen molar-refractivity contribution in [2.24, 2.45) is 7.05 Å². The second-order valence-electron chi connectivity index (χ2n) is 3.23. The van der Waals surface area contributed by atoms with Gasteiger partial charge in [-0.1, -0.05) is 0 Å². The normalized spacial score (nSPS) is 12.2. The van der Waals surface area contributed by atoms with Gasteiger partial charge in [0.15, 0.2) is 0 Å². The minimum Gasteiger partial charge on any atom is -0.351 e. The third-order valence-electron chi connectivity index (χ3n) is 2.57. The summed E-state index contributed by atoms with van der Waals surface area (Å²) in [5.41, 5.74) is 0.785. The van der Waals surface area contributed by atoms with Gasteiger partial charge < -0.3 is 4.57 Å². The van der Waals surface area contributed by atoms with E-state index < -0.39 is 11.7 Å². The van der Waals surface area contributed by atoms with Crippen LogP contribution in [0.1, 0.15) is 22.5 Å². The van der Waals surface area contributed by atoms with Crippen molar-refractivity contribution in [3.63, 3.8) is 0 Å². The van der Waals surface area contributed by atoms with Gasteiger partial charge in [-0.3, -0.25) is 0 Å². The molecule has 1 aromatic rings. The molecule has 0 aliphatic rings. The van der Waals surface area contributed by atoms with Crippen LogP contribution in [0.15, 0.2) is 0 Å². The molecule has 0 aliphatic carbocycles. The molecule has 13 heavy (non-hydrogen) atoms. The Morgan fingerprint density at radius 2 is 1.46 bits per heavy atom. The number of nitrogens with zero attached hydrogens (tertiary/aromatic N) is 1. The summed E-state index contributed by atoms with van der Waals surface area (Å²) in [7, 11) is 1.65. The first-order valence-electron chi connectivity index (χ1n) is 3.96. The fraction of sp³-hybridized carbons (Fsp3) is 0.556. The van der Waals surface area contributed by atoms with Crippen LogP contribution in [-0.2, 0) is 13.2 Å². The summed E-state index contributed by atoms with van der Waals surface area (Å²) in [6.45, 7) is 4.69. The lowest BCUT2D eigenvalue weighted by Crippen LogP contribution is -2.08. The van der Waals surface area contributed by atoms with Gasteiger partial charge in [0, 0.05) is 18.4 Å². The molecule has 0 aliphatic heterocycles. The Labute approximate surface area is 75.2 Å². The zero-order valence-electron chi connectivity index (χ0n) is 8.08. The number of aromatic nitrogens is 1. The Morgan fingerprint density at radius 3 is 1.62 bits per heavy atom. The monoisotopic (exact) mass is 191 g/mol. The largest absolute Gasteiger partial charge is 0.418 e. The molecule has 0 saturated heterocycles. The maximum Gasteiger partial charge on any atom is 0.418 e. The Kier molecular flexibility index (Phi) is 2.18. The van der Waals surface area contributed by atoms with Gasteiger partial charge in [-0.25, -0.2) is 0 Å². The number of hydrogen-bond acceptors (Lipinski definition) is 0. The summed E-state index contributed by atoms with van der Waals surface area (Å²) in [5.74, 6) is 0. The molecule has 0 radical (unpaired) electrons. The van der Waals surface area contributed by atoms with Gasteiger partial charge in [-0.15, -0.1) is 0 Å². The highest BCUT2D eigenvalue weighted by Crippen LogP contribution is 2.36. The molecule has 1 nitrogen and oxygen atoms in total. The molecule has 0 amide bonds. The van der Waals surface area contributed by atoms with Gasteiger partial charge in [0.2, 0.25) is 0 Å². The number of rotatable bonds is 0. The number of hydrogen-bond donors (Lipinski definition) is 0. The van der Waals surface area contributed by atoms with E-state index in [0.29, 0.717) is 11.3 Å². The minimum atomic E-state index is -4.24. The summed E-state index contributed by atoms with van der Waals surface area (Å²) in [6.07, 6.45) is -4.24. The quantitative estimate of drug-likeness (QED) is 0.594. The van der Waals surface area contributed by atoms with Crippen LogP contribution in [0.25, 0.3) is 0 Å². The van der Waals surface area contributed by atoms with Crippen molar-refractivity contribution in [2.45, 2.75) is 26.9 Å². The SMILES string of the molecule is Cc1c(C(F)(F)F)c(C)n(C)c1C. The zero-order valence-corrected chi connectivity index (χ0v) is 8.08. The van der Waals surface area contributed by atoms with Crippen molar-refractivity contribution in [1.82, 2.24) is 4.57 Å². The molecule has 4 heteroatoms. The van der Waals surface area contributed by atoms with Crippen LogP contribution < -0.4 is 0 Å². The van der Waals surface area contributed by atoms with Crippen LogP contribution in [0.5, 0.6) is 0 Å². The third-order valence-corrected chi connectivity index (χ3v) is 2.57. The van der Waals surface area contributed by atoms with E-state index >= 15 is 0 Å². The summed E-state index contributed by atoms with van der Waals surface area (Å²) < 4.78 is 39.0. The van der Waals surface area contributed by atoms with E-state index in [9.17, 15) is 13.2 Å². The average molecular weight is 191 g/mol. The number of halogens is 3. The van der Waals surface area contributed by atoms with E-state index in [-0.39, 0.29) is 5.69 Å². The molecule has 0 spiro atoms. The van der Waals surface area contributed by atoms with Gasteiger partial charge >= 0.3 is 6.18 Å². The van der Waals surface area contributed by atoms with E-state index in [2.05, 4.69) is 0 Å². The van der Waals surface area contributed by atoms with Crippen molar-refractivity contribution in [3.8, 4) is 0 Å². The van der Waals surface area contributed by atoms with Crippen molar-refractivity contribution in [3.05, 3.63) is 22.5 Å². The molecule has 0 fully saturated rings. The fourth-order valence-corrected chi connectivity index (χ4v) is 1.54. The molecule has 0 saturated carbocycles. The van der Waals surface area contributed by atoms with E-state index in [4.69, 9.17) is 0 Å². The highest BCUT2D eigenvalue weighted by Gasteiger charge is 2.36. The second kappa shape index (κ2) is 2.79. The van der Waals surface area contributed by atoms with Crippen molar-refractivity contribution in [1.29, 1.82) is 0 Å². The molecule has 1 rings (SSSR count). The predicted octanol–water partition coefficient (Wildman–Crippen LogP) is 2.97. The molecule has 1 aromatic heterocycles. The van der Waals surface area contributed by atoms with Crippen molar-refractivity contribution < 1.29 is 13.2 Å². The molecule has 0 atom stereocenters. The Morgan fingerprint density at radius 1 is 1.00 bits per heavy atom. The molecule has 0 bridgehead atoms. The van der Waals surface area contributed by atoms with E-state index in [1.54, 1.807) is 18.5 Å². The maximum atomic E-state index is 12.5. The van der Waals surface area contributed by atoms with Crippen LogP contribution in [-0.4, -0.2) is 4.57 Å². The van der Waals surface area contributed by atoms with Crippen LogP contribution >= 0.6 is 0 Å². The molecule has 0 N–H and O–H groups in total. The molecule has 74 valence electrons. The summed E-state index contributed by atoms with van der Waals surface area (Å²) >= 11 is 0. The van der Waals surface area contributed by atoms with E-state index in [0.717, 1.165) is 0 Å². The van der Waals surface area contributed by atoms with Gasteiger partial charge in [0.1, 0.15) is 0 Å². The van der Waals surface area contributed by atoms with E-state index in [1.165, 1.54) is 13.8 Å².